The molecule has 0 radical (unpaired) electrons. The zero-order valence-electron chi connectivity index (χ0n) is 13.3. The van der Waals surface area contributed by atoms with E-state index < -0.39 is 0 Å². The number of thioether (sulfide) groups is 1. The van der Waals surface area contributed by atoms with Crippen molar-refractivity contribution in [3.63, 3.8) is 0 Å². The van der Waals surface area contributed by atoms with Gasteiger partial charge in [-0.25, -0.2) is 0 Å². The van der Waals surface area contributed by atoms with Gasteiger partial charge in [-0.3, -0.25) is 0 Å². The molecular formula is C18H31NS. The summed E-state index contributed by atoms with van der Waals surface area (Å²) in [5.41, 5.74) is 1.40. The van der Waals surface area contributed by atoms with Crippen molar-refractivity contribution in [1.29, 1.82) is 0 Å². The van der Waals surface area contributed by atoms with Crippen LogP contribution in [0, 0.1) is 0 Å². The molecule has 0 spiro atoms. The maximum absolute atomic E-state index is 3.38. The van der Waals surface area contributed by atoms with Crippen LogP contribution in [0.5, 0.6) is 0 Å². The average molecular weight is 294 g/mol. The van der Waals surface area contributed by atoms with Crippen molar-refractivity contribution in [2.24, 2.45) is 0 Å². The monoisotopic (exact) mass is 293 g/mol. The van der Waals surface area contributed by atoms with Gasteiger partial charge in [0, 0.05) is 11.4 Å². The summed E-state index contributed by atoms with van der Waals surface area (Å²) in [6.07, 6.45) is 9.78. The molecule has 1 N–H and O–H groups in total. The zero-order chi connectivity index (χ0) is 14.5. The van der Waals surface area contributed by atoms with Gasteiger partial charge in [0.15, 0.2) is 0 Å². The Balaban J connectivity index is 2.09. The predicted octanol–water partition coefficient (Wildman–Crippen LogP) is 5.64. The number of hydrogen-bond donors (Lipinski definition) is 1. The number of rotatable bonds is 12. The second-order valence-corrected chi connectivity index (χ2v) is 6.57. The number of nitrogens with one attached hydrogen (secondary N) is 1. The molecule has 1 rings (SSSR count). The maximum Gasteiger partial charge on any atom is 0.0205 e. The van der Waals surface area contributed by atoms with Crippen LogP contribution in [0.2, 0.25) is 0 Å². The Labute approximate surface area is 129 Å². The number of benzene rings is 1. The third-order valence-electron chi connectivity index (χ3n) is 3.49. The first-order valence-corrected chi connectivity index (χ1v) is 9.27. The lowest BCUT2D eigenvalue weighted by Gasteiger charge is -2.06. The van der Waals surface area contributed by atoms with E-state index in [1.54, 1.807) is 0 Å². The molecule has 0 bridgehead atoms. The third kappa shape index (κ3) is 8.65. The molecule has 1 aromatic carbocycles. The molecule has 0 atom stereocenters. The number of hydrogen-bond acceptors (Lipinski definition) is 2. The Morgan fingerprint density at radius 2 is 1.70 bits per heavy atom. The van der Waals surface area contributed by atoms with E-state index >= 15 is 0 Å². The van der Waals surface area contributed by atoms with Gasteiger partial charge in [-0.05, 0) is 36.4 Å². The first-order chi connectivity index (χ1) is 9.86. The van der Waals surface area contributed by atoms with Crippen molar-refractivity contribution in [2.75, 3.05) is 12.3 Å². The lowest BCUT2D eigenvalue weighted by atomic mass is 10.1. The molecule has 0 saturated carbocycles. The first kappa shape index (κ1) is 17.6. The van der Waals surface area contributed by atoms with Crippen LogP contribution in [0.3, 0.4) is 0 Å². The Morgan fingerprint density at radius 1 is 0.950 bits per heavy atom. The van der Waals surface area contributed by atoms with E-state index in [1.807, 2.05) is 11.8 Å². The lowest BCUT2D eigenvalue weighted by molar-refractivity contribution is 0.603. The van der Waals surface area contributed by atoms with Crippen LogP contribution in [0.4, 0.5) is 0 Å². The molecule has 0 aromatic heterocycles. The van der Waals surface area contributed by atoms with E-state index in [1.165, 1.54) is 61.2 Å². The lowest BCUT2D eigenvalue weighted by Crippen LogP contribution is -2.11. The quantitative estimate of drug-likeness (QED) is 0.395. The summed E-state index contributed by atoms with van der Waals surface area (Å²) in [5.74, 6) is 1.26. The minimum atomic E-state index is 0.988. The molecule has 0 aliphatic rings. The van der Waals surface area contributed by atoms with Crippen molar-refractivity contribution < 1.29 is 0 Å². The topological polar surface area (TPSA) is 12.0 Å². The Bertz CT molecular complexity index is 338. The fraction of sp³-hybridized carbons (Fsp3) is 0.667. The molecule has 114 valence electrons. The van der Waals surface area contributed by atoms with Crippen LogP contribution < -0.4 is 5.32 Å². The van der Waals surface area contributed by atoms with Gasteiger partial charge < -0.3 is 5.32 Å². The van der Waals surface area contributed by atoms with E-state index in [0.717, 1.165) is 13.1 Å². The molecule has 0 fully saturated rings. The van der Waals surface area contributed by atoms with Gasteiger partial charge in [-0.15, -0.1) is 11.8 Å². The smallest absolute Gasteiger partial charge is 0.0205 e. The van der Waals surface area contributed by atoms with Crippen LogP contribution in [0.15, 0.2) is 29.2 Å². The third-order valence-corrected chi connectivity index (χ3v) is 4.57. The average Bonchev–Trinajstić information content (AvgIpc) is 2.48. The van der Waals surface area contributed by atoms with E-state index in [-0.39, 0.29) is 0 Å². The van der Waals surface area contributed by atoms with Crippen molar-refractivity contribution in [1.82, 2.24) is 5.32 Å². The Morgan fingerprint density at radius 3 is 2.45 bits per heavy atom. The summed E-state index contributed by atoms with van der Waals surface area (Å²) < 4.78 is 0. The minimum Gasteiger partial charge on any atom is -0.313 e. The van der Waals surface area contributed by atoms with Crippen LogP contribution in [0.25, 0.3) is 0 Å². The normalized spacial score (nSPS) is 10.9. The summed E-state index contributed by atoms with van der Waals surface area (Å²) in [4.78, 5) is 1.42. The summed E-state index contributed by atoms with van der Waals surface area (Å²) in [5, 5.41) is 3.38. The SMILES string of the molecule is CCCCCCCCCSc1cccc(CNCC)c1. The van der Waals surface area contributed by atoms with E-state index in [0.29, 0.717) is 0 Å². The Kier molecular flexibility index (Phi) is 10.8. The van der Waals surface area contributed by atoms with Crippen LogP contribution in [-0.2, 0) is 6.54 Å². The molecule has 1 aromatic rings. The predicted molar refractivity (Wildman–Crippen MR) is 92.5 cm³/mol. The van der Waals surface area contributed by atoms with Gasteiger partial charge in [0.25, 0.3) is 0 Å². The zero-order valence-corrected chi connectivity index (χ0v) is 14.1. The van der Waals surface area contributed by atoms with Crippen LogP contribution in [0.1, 0.15) is 64.4 Å². The highest BCUT2D eigenvalue weighted by Gasteiger charge is 1.97. The molecule has 0 heterocycles. The van der Waals surface area contributed by atoms with Gasteiger partial charge >= 0.3 is 0 Å². The second kappa shape index (κ2) is 12.3. The van der Waals surface area contributed by atoms with Crippen molar-refractivity contribution in [2.45, 2.75) is 70.2 Å². The van der Waals surface area contributed by atoms with Crippen molar-refractivity contribution in [3.05, 3.63) is 29.8 Å². The largest absolute Gasteiger partial charge is 0.313 e. The maximum atomic E-state index is 3.38. The Hall–Kier alpha value is -0.470. The van der Waals surface area contributed by atoms with Gasteiger partial charge in [0.1, 0.15) is 0 Å². The fourth-order valence-electron chi connectivity index (χ4n) is 2.26. The van der Waals surface area contributed by atoms with Crippen LogP contribution in [-0.4, -0.2) is 12.3 Å². The highest BCUT2D eigenvalue weighted by molar-refractivity contribution is 7.99. The molecule has 0 unspecified atom stereocenters. The summed E-state index contributed by atoms with van der Waals surface area (Å²) in [6, 6.07) is 8.95. The summed E-state index contributed by atoms with van der Waals surface area (Å²) in [6.45, 7) is 6.46. The molecule has 20 heavy (non-hydrogen) atoms. The minimum absolute atomic E-state index is 0.988. The molecule has 0 amide bonds. The second-order valence-electron chi connectivity index (χ2n) is 5.40. The van der Waals surface area contributed by atoms with Gasteiger partial charge in [-0.1, -0.05) is 64.5 Å². The molecule has 0 aliphatic heterocycles. The van der Waals surface area contributed by atoms with E-state index in [2.05, 4.69) is 43.4 Å². The molecule has 1 nitrogen and oxygen atoms in total. The highest BCUT2D eigenvalue weighted by Crippen LogP contribution is 2.21. The van der Waals surface area contributed by atoms with Crippen molar-refractivity contribution >= 4 is 11.8 Å². The molecule has 0 saturated heterocycles. The van der Waals surface area contributed by atoms with Crippen molar-refractivity contribution in [3.8, 4) is 0 Å². The molecule has 2 heteroatoms. The van der Waals surface area contributed by atoms with E-state index in [4.69, 9.17) is 0 Å². The van der Waals surface area contributed by atoms with Gasteiger partial charge in [0.2, 0.25) is 0 Å². The van der Waals surface area contributed by atoms with Gasteiger partial charge in [-0.2, -0.15) is 0 Å². The molecular weight excluding hydrogens is 262 g/mol. The highest BCUT2D eigenvalue weighted by atomic mass is 32.2. The van der Waals surface area contributed by atoms with Gasteiger partial charge in [0.05, 0.1) is 0 Å². The molecule has 0 aliphatic carbocycles. The van der Waals surface area contributed by atoms with Crippen LogP contribution >= 0.6 is 11.8 Å². The van der Waals surface area contributed by atoms with E-state index in [9.17, 15) is 0 Å². The summed E-state index contributed by atoms with van der Waals surface area (Å²) >= 11 is 2.01. The first-order valence-electron chi connectivity index (χ1n) is 8.29. The number of unbranched alkanes of at least 4 members (excludes halogenated alkanes) is 6. The standard InChI is InChI=1S/C18H31NS/c1-3-5-6-7-8-9-10-14-20-18-13-11-12-17(15-18)16-19-4-2/h11-13,15,19H,3-10,14,16H2,1-2H3. The fourth-order valence-corrected chi connectivity index (χ4v) is 3.26. The summed E-state index contributed by atoms with van der Waals surface area (Å²) in [7, 11) is 0.